The van der Waals surface area contributed by atoms with E-state index in [1.165, 1.54) is 11.1 Å². The van der Waals surface area contributed by atoms with E-state index in [4.69, 9.17) is 20.0 Å². The van der Waals surface area contributed by atoms with Crippen molar-refractivity contribution in [3.05, 3.63) is 95.1 Å². The largest absolute Gasteiger partial charge is 0.494 e. The molecule has 0 aliphatic heterocycles. The minimum atomic E-state index is 0.615. The van der Waals surface area contributed by atoms with Crippen molar-refractivity contribution in [1.82, 2.24) is 0 Å². The standard InChI is InChI=1S/C26H24N2O2/c1-19-20(2)26(6-4-16-30-24-13-9-22(18-28)10-14-24)25(19)5-3-15-29-23-11-7-21(17-27)8-12-23/h7-14H,1-6,15-16H2. The van der Waals surface area contributed by atoms with E-state index in [-0.39, 0.29) is 0 Å². The predicted octanol–water partition coefficient (Wildman–Crippen LogP) is 5.87. The van der Waals surface area contributed by atoms with Gasteiger partial charge < -0.3 is 9.47 Å². The van der Waals surface area contributed by atoms with Crippen LogP contribution in [0.5, 0.6) is 11.5 Å². The number of nitrogens with zero attached hydrogens (tertiary/aromatic N) is 2. The number of ether oxygens (including phenoxy) is 2. The van der Waals surface area contributed by atoms with E-state index in [0.29, 0.717) is 24.3 Å². The van der Waals surface area contributed by atoms with Crippen LogP contribution >= 0.6 is 0 Å². The molecule has 0 bridgehead atoms. The smallest absolute Gasteiger partial charge is 0.119 e. The number of hydrogen-bond acceptors (Lipinski definition) is 4. The summed E-state index contributed by atoms with van der Waals surface area (Å²) in [7, 11) is 0. The molecule has 0 saturated carbocycles. The summed E-state index contributed by atoms with van der Waals surface area (Å²) in [5.41, 5.74) is 5.95. The van der Waals surface area contributed by atoms with E-state index in [1.807, 2.05) is 24.3 Å². The monoisotopic (exact) mass is 396 g/mol. The third kappa shape index (κ3) is 5.19. The summed E-state index contributed by atoms with van der Waals surface area (Å²) in [6, 6.07) is 18.5. The summed E-state index contributed by atoms with van der Waals surface area (Å²) in [6.45, 7) is 9.50. The number of allylic oxidation sites excluding steroid dienone is 4. The van der Waals surface area contributed by atoms with Gasteiger partial charge in [-0.2, -0.15) is 10.5 Å². The third-order valence-corrected chi connectivity index (χ3v) is 5.10. The van der Waals surface area contributed by atoms with Crippen LogP contribution in [0.25, 0.3) is 0 Å². The van der Waals surface area contributed by atoms with Crippen LogP contribution in [0, 0.1) is 22.7 Å². The van der Waals surface area contributed by atoms with Gasteiger partial charge in [-0.3, -0.25) is 0 Å². The van der Waals surface area contributed by atoms with Crippen molar-refractivity contribution in [1.29, 1.82) is 10.5 Å². The summed E-state index contributed by atoms with van der Waals surface area (Å²) in [6.07, 6.45) is 3.62. The van der Waals surface area contributed by atoms with E-state index >= 15 is 0 Å². The van der Waals surface area contributed by atoms with Gasteiger partial charge in [0.15, 0.2) is 0 Å². The Morgan fingerprint density at radius 1 is 0.633 bits per heavy atom. The van der Waals surface area contributed by atoms with Crippen molar-refractivity contribution in [3.8, 4) is 23.6 Å². The van der Waals surface area contributed by atoms with Crippen LogP contribution in [0.1, 0.15) is 36.8 Å². The molecule has 2 aromatic carbocycles. The van der Waals surface area contributed by atoms with Gasteiger partial charge in [0.2, 0.25) is 0 Å². The Morgan fingerprint density at radius 3 is 1.33 bits per heavy atom. The molecule has 0 heterocycles. The molecule has 0 unspecified atom stereocenters. The van der Waals surface area contributed by atoms with Crippen molar-refractivity contribution in [2.45, 2.75) is 25.7 Å². The van der Waals surface area contributed by atoms with Gasteiger partial charge in [0.25, 0.3) is 0 Å². The lowest BCUT2D eigenvalue weighted by molar-refractivity contribution is 0.308. The molecular weight excluding hydrogens is 372 g/mol. The first-order valence-corrected chi connectivity index (χ1v) is 9.99. The lowest BCUT2D eigenvalue weighted by Gasteiger charge is -2.30. The fourth-order valence-corrected chi connectivity index (χ4v) is 3.40. The van der Waals surface area contributed by atoms with Gasteiger partial charge in [-0.25, -0.2) is 0 Å². The highest BCUT2D eigenvalue weighted by Crippen LogP contribution is 2.42. The van der Waals surface area contributed by atoms with E-state index in [0.717, 1.165) is 48.3 Å². The minimum Gasteiger partial charge on any atom is -0.494 e. The molecule has 2 aromatic rings. The summed E-state index contributed by atoms with van der Waals surface area (Å²) in [4.78, 5) is 0. The van der Waals surface area contributed by atoms with Gasteiger partial charge >= 0.3 is 0 Å². The van der Waals surface area contributed by atoms with Gasteiger partial charge in [-0.1, -0.05) is 13.2 Å². The minimum absolute atomic E-state index is 0.615. The normalized spacial score (nSPS) is 12.7. The van der Waals surface area contributed by atoms with Crippen LogP contribution in [0.4, 0.5) is 0 Å². The highest BCUT2D eigenvalue weighted by Gasteiger charge is 2.24. The van der Waals surface area contributed by atoms with Crippen LogP contribution in [0.15, 0.2) is 84.0 Å². The first kappa shape index (κ1) is 21.0. The summed E-state index contributed by atoms with van der Waals surface area (Å²) in [5.74, 6) is 1.56. The molecule has 0 spiro atoms. The molecule has 3 rings (SSSR count). The maximum Gasteiger partial charge on any atom is 0.119 e. The second-order valence-corrected chi connectivity index (χ2v) is 7.09. The van der Waals surface area contributed by atoms with Crippen LogP contribution < -0.4 is 9.47 Å². The van der Waals surface area contributed by atoms with Crippen molar-refractivity contribution >= 4 is 0 Å². The number of nitriles is 2. The zero-order chi connectivity index (χ0) is 21.3. The molecule has 0 saturated heterocycles. The fourth-order valence-electron chi connectivity index (χ4n) is 3.40. The number of benzene rings is 2. The summed E-state index contributed by atoms with van der Waals surface area (Å²) < 4.78 is 11.5. The lowest BCUT2D eigenvalue weighted by Crippen LogP contribution is -2.13. The third-order valence-electron chi connectivity index (χ3n) is 5.10. The van der Waals surface area contributed by atoms with Crippen LogP contribution in [0.3, 0.4) is 0 Å². The average Bonchev–Trinajstić information content (AvgIpc) is 2.80. The fraction of sp³-hybridized carbons (Fsp3) is 0.231. The molecule has 4 nitrogen and oxygen atoms in total. The number of rotatable bonds is 10. The Kier molecular flexibility index (Phi) is 7.09. The molecular formula is C26H24N2O2. The maximum atomic E-state index is 8.83. The van der Waals surface area contributed by atoms with Crippen LogP contribution in [-0.4, -0.2) is 13.2 Å². The van der Waals surface area contributed by atoms with E-state index in [9.17, 15) is 0 Å². The van der Waals surface area contributed by atoms with Gasteiger partial charge in [0.1, 0.15) is 11.5 Å². The summed E-state index contributed by atoms with van der Waals surface area (Å²) >= 11 is 0. The topological polar surface area (TPSA) is 66.0 Å². The van der Waals surface area contributed by atoms with Crippen molar-refractivity contribution in [2.24, 2.45) is 0 Å². The Morgan fingerprint density at radius 2 is 1.00 bits per heavy atom. The molecule has 1 aliphatic rings. The Balaban J connectivity index is 1.42. The van der Waals surface area contributed by atoms with Gasteiger partial charge in [-0.05, 0) is 96.5 Å². The average molecular weight is 396 g/mol. The van der Waals surface area contributed by atoms with E-state index in [1.54, 1.807) is 24.3 Å². The molecule has 0 amide bonds. The number of hydrogen-bond donors (Lipinski definition) is 0. The second-order valence-electron chi connectivity index (χ2n) is 7.09. The molecule has 150 valence electrons. The van der Waals surface area contributed by atoms with Crippen molar-refractivity contribution < 1.29 is 9.47 Å². The second kappa shape index (κ2) is 10.1. The quantitative estimate of drug-likeness (QED) is 0.471. The Bertz CT molecular complexity index is 947. The SMILES string of the molecule is C=C1C(=C)C(CCCOc2ccc(C#N)cc2)=C1CCCOc1ccc(C#N)cc1. The molecule has 0 N–H and O–H groups in total. The molecule has 0 atom stereocenters. The Hall–Kier alpha value is -3.76. The first-order chi connectivity index (χ1) is 14.6. The molecule has 0 fully saturated rings. The van der Waals surface area contributed by atoms with Gasteiger partial charge in [0, 0.05) is 0 Å². The highest BCUT2D eigenvalue weighted by atomic mass is 16.5. The lowest BCUT2D eigenvalue weighted by atomic mass is 9.75. The van der Waals surface area contributed by atoms with Gasteiger partial charge in [0.05, 0.1) is 36.5 Å². The first-order valence-electron chi connectivity index (χ1n) is 9.99. The van der Waals surface area contributed by atoms with Crippen molar-refractivity contribution in [3.63, 3.8) is 0 Å². The van der Waals surface area contributed by atoms with E-state index in [2.05, 4.69) is 25.3 Å². The van der Waals surface area contributed by atoms with Gasteiger partial charge in [-0.15, -0.1) is 0 Å². The zero-order valence-electron chi connectivity index (χ0n) is 17.0. The zero-order valence-corrected chi connectivity index (χ0v) is 17.0. The molecule has 1 aliphatic carbocycles. The molecule has 30 heavy (non-hydrogen) atoms. The van der Waals surface area contributed by atoms with Crippen molar-refractivity contribution in [2.75, 3.05) is 13.2 Å². The molecule has 0 radical (unpaired) electrons. The maximum absolute atomic E-state index is 8.83. The predicted molar refractivity (Wildman–Crippen MR) is 117 cm³/mol. The highest BCUT2D eigenvalue weighted by molar-refractivity contribution is 5.67. The molecule has 0 aromatic heterocycles. The van der Waals surface area contributed by atoms with Crippen LogP contribution in [-0.2, 0) is 0 Å². The van der Waals surface area contributed by atoms with Crippen LogP contribution in [0.2, 0.25) is 0 Å². The Labute approximate surface area is 178 Å². The summed E-state index contributed by atoms with van der Waals surface area (Å²) in [5, 5.41) is 17.7. The molecule has 4 heteroatoms. The van der Waals surface area contributed by atoms with E-state index < -0.39 is 0 Å².